The van der Waals surface area contributed by atoms with Crippen LogP contribution in [0.25, 0.3) is 0 Å². The molecule has 1 heterocycles. The maximum atomic E-state index is 12.6. The number of amides is 1. The summed E-state index contributed by atoms with van der Waals surface area (Å²) in [7, 11) is 0. The third-order valence-electron chi connectivity index (χ3n) is 3.92. The number of aryl methyl sites for hydroxylation is 1. The number of benzene rings is 2. The molecule has 0 saturated carbocycles. The number of nitrogens with zero attached hydrogens (tertiary/aromatic N) is 2. The highest BCUT2D eigenvalue weighted by atomic mass is 19.4. The highest BCUT2D eigenvalue weighted by Gasteiger charge is 2.29. The first-order valence-electron chi connectivity index (χ1n) is 8.41. The number of hydrogen-bond acceptors (Lipinski definition) is 4. The first kappa shape index (κ1) is 19.3. The highest BCUT2D eigenvalue weighted by Crippen LogP contribution is 2.30. The molecular formula is C20H17F3N4O. The zero-order valence-corrected chi connectivity index (χ0v) is 14.9. The van der Waals surface area contributed by atoms with Crippen molar-refractivity contribution in [2.45, 2.75) is 19.6 Å². The Hall–Kier alpha value is -3.42. The van der Waals surface area contributed by atoms with Crippen molar-refractivity contribution in [3.05, 3.63) is 83.2 Å². The van der Waals surface area contributed by atoms with Gasteiger partial charge >= 0.3 is 6.18 Å². The van der Waals surface area contributed by atoms with E-state index in [1.54, 1.807) is 0 Å². The van der Waals surface area contributed by atoms with Crippen molar-refractivity contribution in [1.82, 2.24) is 15.3 Å². The Morgan fingerprint density at radius 1 is 1.04 bits per heavy atom. The minimum atomic E-state index is -4.39. The summed E-state index contributed by atoms with van der Waals surface area (Å²) < 4.78 is 37.7. The highest BCUT2D eigenvalue weighted by molar-refractivity contribution is 5.93. The van der Waals surface area contributed by atoms with Gasteiger partial charge < -0.3 is 10.6 Å². The lowest BCUT2D eigenvalue weighted by molar-refractivity contribution is -0.137. The van der Waals surface area contributed by atoms with E-state index in [0.717, 1.165) is 23.3 Å². The Morgan fingerprint density at radius 3 is 2.32 bits per heavy atom. The van der Waals surface area contributed by atoms with Crippen LogP contribution in [-0.2, 0) is 12.7 Å². The molecule has 0 aliphatic rings. The maximum Gasteiger partial charge on any atom is 0.416 e. The molecule has 0 aliphatic carbocycles. The normalized spacial score (nSPS) is 11.1. The molecule has 3 aromatic rings. The quantitative estimate of drug-likeness (QED) is 0.679. The Labute approximate surface area is 159 Å². The number of nitrogens with one attached hydrogen (secondary N) is 2. The standard InChI is InChI=1S/C20H17F3N4O/c1-13-3-2-4-14(9-13)10-24-18(28)15-11-25-19(26-12-15)27-17-7-5-16(6-8-17)20(21,22)23/h2-9,11-12H,10H2,1H3,(H,24,28)(H,25,26,27). The number of carbonyl (C=O) groups excluding carboxylic acids is 1. The molecule has 0 saturated heterocycles. The van der Waals surface area contributed by atoms with E-state index in [-0.39, 0.29) is 17.4 Å². The summed E-state index contributed by atoms with van der Waals surface area (Å²) in [5, 5.41) is 5.58. The monoisotopic (exact) mass is 386 g/mol. The third-order valence-corrected chi connectivity index (χ3v) is 3.92. The lowest BCUT2D eigenvalue weighted by atomic mass is 10.1. The number of alkyl halides is 3. The first-order valence-corrected chi connectivity index (χ1v) is 8.41. The van der Waals surface area contributed by atoms with Gasteiger partial charge in [-0.05, 0) is 36.8 Å². The number of anilines is 2. The smallest absolute Gasteiger partial charge is 0.348 e. The average Bonchev–Trinajstić information content (AvgIpc) is 2.66. The molecule has 0 atom stereocenters. The molecule has 3 rings (SSSR count). The Bertz CT molecular complexity index is 954. The predicted octanol–water partition coefficient (Wildman–Crippen LogP) is 4.48. The molecule has 2 N–H and O–H groups in total. The second-order valence-electron chi connectivity index (χ2n) is 6.17. The van der Waals surface area contributed by atoms with Crippen LogP contribution in [0.4, 0.5) is 24.8 Å². The summed E-state index contributed by atoms with van der Waals surface area (Å²) in [6.07, 6.45) is -1.68. The van der Waals surface area contributed by atoms with Gasteiger partial charge in [0.05, 0.1) is 11.1 Å². The van der Waals surface area contributed by atoms with Crippen molar-refractivity contribution in [1.29, 1.82) is 0 Å². The molecule has 28 heavy (non-hydrogen) atoms. The van der Waals surface area contributed by atoms with Gasteiger partial charge in [-0.15, -0.1) is 0 Å². The fourth-order valence-electron chi connectivity index (χ4n) is 2.49. The molecule has 1 aromatic heterocycles. The topological polar surface area (TPSA) is 66.9 Å². The SMILES string of the molecule is Cc1cccc(CNC(=O)c2cnc(Nc3ccc(C(F)(F)F)cc3)nc2)c1. The lowest BCUT2D eigenvalue weighted by Gasteiger charge is -2.09. The molecule has 0 fully saturated rings. The van der Waals surface area contributed by atoms with Gasteiger partial charge in [-0.25, -0.2) is 9.97 Å². The van der Waals surface area contributed by atoms with Crippen LogP contribution in [0.3, 0.4) is 0 Å². The Morgan fingerprint density at radius 2 is 1.71 bits per heavy atom. The molecular weight excluding hydrogens is 369 g/mol. The van der Waals surface area contributed by atoms with Crippen LogP contribution in [-0.4, -0.2) is 15.9 Å². The van der Waals surface area contributed by atoms with E-state index < -0.39 is 11.7 Å². The Kier molecular flexibility index (Phi) is 5.58. The summed E-state index contributed by atoms with van der Waals surface area (Å²) >= 11 is 0. The Balaban J connectivity index is 1.59. The van der Waals surface area contributed by atoms with Crippen LogP contribution >= 0.6 is 0 Å². The van der Waals surface area contributed by atoms with Crippen LogP contribution in [0.5, 0.6) is 0 Å². The van der Waals surface area contributed by atoms with E-state index in [0.29, 0.717) is 12.2 Å². The fraction of sp³-hybridized carbons (Fsp3) is 0.150. The van der Waals surface area contributed by atoms with Gasteiger partial charge in [0.1, 0.15) is 0 Å². The molecule has 5 nitrogen and oxygen atoms in total. The van der Waals surface area contributed by atoms with Crippen molar-refractivity contribution in [3.8, 4) is 0 Å². The molecule has 2 aromatic carbocycles. The number of aromatic nitrogens is 2. The van der Waals surface area contributed by atoms with Gasteiger partial charge in [-0.3, -0.25) is 4.79 Å². The summed E-state index contributed by atoms with van der Waals surface area (Å²) in [5.74, 6) is -0.141. The van der Waals surface area contributed by atoms with E-state index in [1.165, 1.54) is 24.5 Å². The minimum Gasteiger partial charge on any atom is -0.348 e. The van der Waals surface area contributed by atoms with Crippen LogP contribution in [0.15, 0.2) is 60.9 Å². The molecule has 1 amide bonds. The van der Waals surface area contributed by atoms with Gasteiger partial charge in [-0.1, -0.05) is 29.8 Å². The van der Waals surface area contributed by atoms with E-state index in [2.05, 4.69) is 20.6 Å². The van der Waals surface area contributed by atoms with E-state index >= 15 is 0 Å². The van der Waals surface area contributed by atoms with Crippen LogP contribution in [0.1, 0.15) is 27.0 Å². The summed E-state index contributed by atoms with van der Waals surface area (Å²) in [6, 6.07) is 12.3. The van der Waals surface area contributed by atoms with Gasteiger partial charge in [0, 0.05) is 24.6 Å². The number of hydrogen-bond donors (Lipinski definition) is 2. The second-order valence-corrected chi connectivity index (χ2v) is 6.17. The fourth-order valence-corrected chi connectivity index (χ4v) is 2.49. The van der Waals surface area contributed by atoms with Crippen LogP contribution in [0.2, 0.25) is 0 Å². The summed E-state index contributed by atoms with van der Waals surface area (Å²) in [4.78, 5) is 20.2. The zero-order chi connectivity index (χ0) is 20.1. The number of halogens is 3. The maximum absolute atomic E-state index is 12.6. The van der Waals surface area contributed by atoms with E-state index in [1.807, 2.05) is 31.2 Å². The summed E-state index contributed by atoms with van der Waals surface area (Å²) in [6.45, 7) is 2.35. The van der Waals surface area contributed by atoms with Gasteiger partial charge in [0.2, 0.25) is 5.95 Å². The molecule has 0 aliphatic heterocycles. The van der Waals surface area contributed by atoms with E-state index in [4.69, 9.17) is 0 Å². The van der Waals surface area contributed by atoms with Crippen molar-refractivity contribution in [2.75, 3.05) is 5.32 Å². The second kappa shape index (κ2) is 8.08. The van der Waals surface area contributed by atoms with Crippen molar-refractivity contribution in [2.24, 2.45) is 0 Å². The van der Waals surface area contributed by atoms with Gasteiger partial charge in [0.15, 0.2) is 0 Å². The molecule has 0 unspecified atom stereocenters. The zero-order valence-electron chi connectivity index (χ0n) is 14.9. The first-order chi connectivity index (χ1) is 13.3. The largest absolute Gasteiger partial charge is 0.416 e. The molecule has 144 valence electrons. The molecule has 0 spiro atoms. The number of carbonyl (C=O) groups is 1. The van der Waals surface area contributed by atoms with Crippen LogP contribution in [0, 0.1) is 6.92 Å². The number of rotatable bonds is 5. The predicted molar refractivity (Wildman–Crippen MR) is 99.1 cm³/mol. The van der Waals surface area contributed by atoms with E-state index in [9.17, 15) is 18.0 Å². The molecule has 0 bridgehead atoms. The van der Waals surface area contributed by atoms with Gasteiger partial charge in [0.25, 0.3) is 5.91 Å². The van der Waals surface area contributed by atoms with Crippen molar-refractivity contribution in [3.63, 3.8) is 0 Å². The summed E-state index contributed by atoms with van der Waals surface area (Å²) in [5.41, 5.74) is 2.04. The van der Waals surface area contributed by atoms with Crippen molar-refractivity contribution < 1.29 is 18.0 Å². The average molecular weight is 386 g/mol. The minimum absolute atomic E-state index is 0.176. The molecule has 8 heteroatoms. The van der Waals surface area contributed by atoms with Crippen LogP contribution < -0.4 is 10.6 Å². The third kappa shape index (κ3) is 5.06. The lowest BCUT2D eigenvalue weighted by Crippen LogP contribution is -2.23. The van der Waals surface area contributed by atoms with Gasteiger partial charge in [-0.2, -0.15) is 13.2 Å². The molecule has 0 radical (unpaired) electrons. The van der Waals surface area contributed by atoms with Crippen molar-refractivity contribution >= 4 is 17.5 Å².